The average Bonchev–Trinajstić information content (AvgIpc) is 2.82. The van der Waals surface area contributed by atoms with Crippen LogP contribution in [0.15, 0.2) is 12.7 Å². The van der Waals surface area contributed by atoms with Crippen molar-refractivity contribution in [3.05, 3.63) is 12.7 Å². The van der Waals surface area contributed by atoms with E-state index < -0.39 is 0 Å². The molecule has 1 saturated carbocycles. The first kappa shape index (κ1) is 8.93. The summed E-state index contributed by atoms with van der Waals surface area (Å²) >= 11 is 0. The van der Waals surface area contributed by atoms with E-state index in [9.17, 15) is 0 Å². The van der Waals surface area contributed by atoms with Crippen LogP contribution >= 0.6 is 0 Å². The molecule has 2 nitrogen and oxygen atoms in total. The van der Waals surface area contributed by atoms with Gasteiger partial charge in [-0.2, -0.15) is 0 Å². The van der Waals surface area contributed by atoms with Gasteiger partial charge in [0.25, 0.3) is 0 Å². The lowest BCUT2D eigenvalue weighted by atomic mass is 10.0. The highest BCUT2D eigenvalue weighted by atomic mass is 15.3. The van der Waals surface area contributed by atoms with E-state index in [1.54, 1.807) is 0 Å². The molecule has 0 aromatic heterocycles. The second-order valence-corrected chi connectivity index (χ2v) is 5.21. The molecule has 3 aliphatic rings. The first-order valence-corrected chi connectivity index (χ1v) is 5.94. The second-order valence-electron chi connectivity index (χ2n) is 5.21. The van der Waals surface area contributed by atoms with Gasteiger partial charge in [0.05, 0.1) is 0 Å². The average molecular weight is 192 g/mol. The minimum Gasteiger partial charge on any atom is -0.300 e. The van der Waals surface area contributed by atoms with Crippen molar-refractivity contribution in [1.29, 1.82) is 0 Å². The Hall–Kier alpha value is -0.340. The summed E-state index contributed by atoms with van der Waals surface area (Å²) in [5.74, 6) is 1.94. The SMILES string of the molecule is C=CCN1CC2CN(C3CC3)CC2C1. The van der Waals surface area contributed by atoms with Gasteiger partial charge in [0.1, 0.15) is 0 Å². The van der Waals surface area contributed by atoms with Crippen molar-refractivity contribution in [2.45, 2.75) is 18.9 Å². The topological polar surface area (TPSA) is 6.48 Å². The molecule has 0 amide bonds. The minimum absolute atomic E-state index is 0.968. The molecule has 0 N–H and O–H groups in total. The van der Waals surface area contributed by atoms with E-state index in [1.165, 1.54) is 39.0 Å². The van der Waals surface area contributed by atoms with Crippen LogP contribution in [0.1, 0.15) is 12.8 Å². The van der Waals surface area contributed by atoms with E-state index in [0.717, 1.165) is 24.4 Å². The summed E-state index contributed by atoms with van der Waals surface area (Å²) in [6, 6.07) is 0.980. The maximum Gasteiger partial charge on any atom is 0.0160 e. The number of nitrogens with zero attached hydrogens (tertiary/aromatic N) is 2. The van der Waals surface area contributed by atoms with Crippen molar-refractivity contribution in [2.24, 2.45) is 11.8 Å². The molecule has 14 heavy (non-hydrogen) atoms. The maximum atomic E-state index is 3.82. The third-order valence-corrected chi connectivity index (χ3v) is 4.04. The van der Waals surface area contributed by atoms with E-state index in [2.05, 4.69) is 16.4 Å². The first-order valence-electron chi connectivity index (χ1n) is 5.94. The lowest BCUT2D eigenvalue weighted by Gasteiger charge is -2.19. The van der Waals surface area contributed by atoms with Gasteiger partial charge in [-0.1, -0.05) is 6.08 Å². The Kier molecular flexibility index (Phi) is 2.14. The fraction of sp³-hybridized carbons (Fsp3) is 0.833. The normalized spacial score (nSPS) is 38.9. The van der Waals surface area contributed by atoms with Crippen molar-refractivity contribution in [3.8, 4) is 0 Å². The lowest BCUT2D eigenvalue weighted by molar-refractivity contribution is 0.261. The molecule has 2 aliphatic heterocycles. The molecule has 3 fully saturated rings. The standard InChI is InChI=1S/C12H20N2/c1-2-5-13-6-10-8-14(12-3-4-12)9-11(10)7-13/h2,10-12H,1,3-9H2. The molecule has 2 saturated heterocycles. The molecule has 78 valence electrons. The van der Waals surface area contributed by atoms with E-state index in [4.69, 9.17) is 0 Å². The lowest BCUT2D eigenvalue weighted by Crippen LogP contribution is -2.30. The molecular weight excluding hydrogens is 172 g/mol. The van der Waals surface area contributed by atoms with Crippen LogP contribution in [0.2, 0.25) is 0 Å². The van der Waals surface area contributed by atoms with Gasteiger partial charge in [0, 0.05) is 38.8 Å². The summed E-state index contributed by atoms with van der Waals surface area (Å²) < 4.78 is 0. The van der Waals surface area contributed by atoms with E-state index in [0.29, 0.717) is 0 Å². The van der Waals surface area contributed by atoms with Gasteiger partial charge < -0.3 is 0 Å². The van der Waals surface area contributed by atoms with Crippen LogP contribution in [0.3, 0.4) is 0 Å². The van der Waals surface area contributed by atoms with Gasteiger partial charge in [0.15, 0.2) is 0 Å². The van der Waals surface area contributed by atoms with Crippen molar-refractivity contribution >= 4 is 0 Å². The summed E-state index contributed by atoms with van der Waals surface area (Å²) in [5.41, 5.74) is 0. The summed E-state index contributed by atoms with van der Waals surface area (Å²) in [7, 11) is 0. The molecule has 2 atom stereocenters. The summed E-state index contributed by atoms with van der Waals surface area (Å²) in [5, 5.41) is 0. The number of fused-ring (bicyclic) bond motifs is 1. The summed E-state index contributed by atoms with van der Waals surface area (Å²) in [4.78, 5) is 5.30. The molecule has 1 aliphatic carbocycles. The zero-order valence-electron chi connectivity index (χ0n) is 8.86. The molecule has 0 aromatic carbocycles. The van der Waals surface area contributed by atoms with Gasteiger partial charge in [0.2, 0.25) is 0 Å². The third-order valence-electron chi connectivity index (χ3n) is 4.04. The van der Waals surface area contributed by atoms with Crippen LogP contribution in [-0.4, -0.2) is 48.6 Å². The van der Waals surface area contributed by atoms with Gasteiger partial charge >= 0.3 is 0 Å². The van der Waals surface area contributed by atoms with Crippen LogP contribution < -0.4 is 0 Å². The van der Waals surface area contributed by atoms with Crippen molar-refractivity contribution in [2.75, 3.05) is 32.7 Å². The zero-order valence-corrected chi connectivity index (χ0v) is 8.86. The second kappa shape index (κ2) is 3.35. The predicted molar refractivity (Wildman–Crippen MR) is 58.2 cm³/mol. The van der Waals surface area contributed by atoms with Crippen molar-refractivity contribution < 1.29 is 0 Å². The molecular formula is C12H20N2. The number of likely N-dealkylation sites (tertiary alicyclic amines) is 2. The Morgan fingerprint density at radius 2 is 1.71 bits per heavy atom. The van der Waals surface area contributed by atoms with Crippen LogP contribution in [0.25, 0.3) is 0 Å². The predicted octanol–water partition coefficient (Wildman–Crippen LogP) is 1.20. The first-order chi connectivity index (χ1) is 6.86. The van der Waals surface area contributed by atoms with E-state index >= 15 is 0 Å². The van der Waals surface area contributed by atoms with Gasteiger partial charge in [-0.05, 0) is 24.7 Å². The molecule has 3 rings (SSSR count). The molecule has 2 heteroatoms. The summed E-state index contributed by atoms with van der Waals surface area (Å²) in [6.45, 7) is 10.3. The Balaban J connectivity index is 1.56. The maximum absolute atomic E-state index is 3.82. The molecule has 0 spiro atoms. The highest BCUT2D eigenvalue weighted by Crippen LogP contribution is 2.37. The van der Waals surface area contributed by atoms with Gasteiger partial charge in [-0.25, -0.2) is 0 Å². The number of hydrogen-bond acceptors (Lipinski definition) is 2. The third kappa shape index (κ3) is 1.51. The highest BCUT2D eigenvalue weighted by Gasteiger charge is 2.43. The Morgan fingerprint density at radius 1 is 1.07 bits per heavy atom. The van der Waals surface area contributed by atoms with E-state index in [-0.39, 0.29) is 0 Å². The van der Waals surface area contributed by atoms with Crippen molar-refractivity contribution in [3.63, 3.8) is 0 Å². The minimum atomic E-state index is 0.968. The van der Waals surface area contributed by atoms with Crippen molar-refractivity contribution in [1.82, 2.24) is 9.80 Å². The Labute approximate surface area is 86.6 Å². The Bertz CT molecular complexity index is 220. The molecule has 0 bridgehead atoms. The smallest absolute Gasteiger partial charge is 0.0160 e. The fourth-order valence-electron chi connectivity index (χ4n) is 3.20. The number of hydrogen-bond donors (Lipinski definition) is 0. The summed E-state index contributed by atoms with van der Waals surface area (Å²) in [6.07, 6.45) is 4.98. The van der Waals surface area contributed by atoms with Crippen LogP contribution in [-0.2, 0) is 0 Å². The molecule has 0 aromatic rings. The van der Waals surface area contributed by atoms with Gasteiger partial charge in [-0.3, -0.25) is 9.80 Å². The van der Waals surface area contributed by atoms with Crippen LogP contribution in [0.4, 0.5) is 0 Å². The quantitative estimate of drug-likeness (QED) is 0.620. The largest absolute Gasteiger partial charge is 0.300 e. The Morgan fingerprint density at radius 3 is 2.21 bits per heavy atom. The van der Waals surface area contributed by atoms with Gasteiger partial charge in [-0.15, -0.1) is 6.58 Å². The van der Waals surface area contributed by atoms with E-state index in [1.807, 2.05) is 6.08 Å². The van der Waals surface area contributed by atoms with Crippen LogP contribution in [0.5, 0.6) is 0 Å². The fourth-order valence-corrected chi connectivity index (χ4v) is 3.20. The monoisotopic (exact) mass is 192 g/mol. The molecule has 2 unspecified atom stereocenters. The van der Waals surface area contributed by atoms with Crippen LogP contribution in [0, 0.1) is 11.8 Å². The zero-order chi connectivity index (χ0) is 9.54. The number of rotatable bonds is 3. The highest BCUT2D eigenvalue weighted by molar-refractivity contribution is 4.98. The molecule has 0 radical (unpaired) electrons. The molecule has 2 heterocycles.